The average molecular weight is 256 g/mol. The minimum absolute atomic E-state index is 0.0382. The molecule has 1 aromatic carbocycles. The predicted octanol–water partition coefficient (Wildman–Crippen LogP) is 1.43. The molecule has 0 amide bonds. The van der Waals surface area contributed by atoms with Crippen molar-refractivity contribution in [2.24, 2.45) is 5.73 Å². The second-order valence-corrected chi connectivity index (χ2v) is 5.87. The van der Waals surface area contributed by atoms with Crippen molar-refractivity contribution in [1.29, 1.82) is 0 Å². The molecule has 0 aliphatic rings. The first kappa shape index (κ1) is 14.2. The molecule has 1 atom stereocenters. The molecule has 0 aliphatic carbocycles. The van der Waals surface area contributed by atoms with Gasteiger partial charge in [-0.15, -0.1) is 0 Å². The van der Waals surface area contributed by atoms with Gasteiger partial charge in [-0.1, -0.05) is 25.1 Å². The van der Waals surface area contributed by atoms with Gasteiger partial charge >= 0.3 is 0 Å². The Morgan fingerprint density at radius 3 is 2.35 bits per heavy atom. The third-order valence-corrected chi connectivity index (χ3v) is 4.81. The summed E-state index contributed by atoms with van der Waals surface area (Å²) in [5, 5.41) is 0. The molecule has 0 fully saturated rings. The zero-order chi connectivity index (χ0) is 12.9. The van der Waals surface area contributed by atoms with E-state index in [2.05, 4.69) is 0 Å². The lowest BCUT2D eigenvalue weighted by Gasteiger charge is -2.27. The summed E-state index contributed by atoms with van der Waals surface area (Å²) < 4.78 is 26.3. The Labute approximate surface area is 103 Å². The minimum atomic E-state index is -3.42. The van der Waals surface area contributed by atoms with Gasteiger partial charge in [0, 0.05) is 19.1 Å². The predicted molar refractivity (Wildman–Crippen MR) is 69.1 cm³/mol. The van der Waals surface area contributed by atoms with E-state index >= 15 is 0 Å². The van der Waals surface area contributed by atoms with Crippen molar-refractivity contribution in [3.8, 4) is 0 Å². The van der Waals surface area contributed by atoms with E-state index in [-0.39, 0.29) is 6.04 Å². The summed E-state index contributed by atoms with van der Waals surface area (Å²) in [5.41, 5.74) is 5.49. The molecule has 96 valence electrons. The van der Waals surface area contributed by atoms with Crippen LogP contribution < -0.4 is 5.73 Å². The summed E-state index contributed by atoms with van der Waals surface area (Å²) in [4.78, 5) is 0.328. The fourth-order valence-corrected chi connectivity index (χ4v) is 3.38. The molecule has 5 heteroatoms. The smallest absolute Gasteiger partial charge is 0.243 e. The summed E-state index contributed by atoms with van der Waals surface area (Å²) in [6.07, 6.45) is 0.770. The molecule has 1 aromatic rings. The zero-order valence-electron chi connectivity index (χ0n) is 10.3. The highest BCUT2D eigenvalue weighted by Crippen LogP contribution is 2.18. The lowest BCUT2D eigenvalue weighted by Crippen LogP contribution is -2.41. The normalized spacial score (nSPS) is 13.9. The van der Waals surface area contributed by atoms with Gasteiger partial charge in [0.15, 0.2) is 0 Å². The van der Waals surface area contributed by atoms with Crippen LogP contribution in [0, 0.1) is 0 Å². The summed E-state index contributed by atoms with van der Waals surface area (Å²) in [7, 11) is -3.42. The summed E-state index contributed by atoms with van der Waals surface area (Å²) in [6, 6.07) is 8.44. The van der Waals surface area contributed by atoms with Crippen molar-refractivity contribution < 1.29 is 8.42 Å². The van der Waals surface area contributed by atoms with E-state index in [1.807, 2.05) is 13.8 Å². The topological polar surface area (TPSA) is 63.4 Å². The molecule has 0 spiro atoms. The van der Waals surface area contributed by atoms with Crippen LogP contribution in [-0.2, 0) is 10.0 Å². The number of rotatable bonds is 6. The van der Waals surface area contributed by atoms with Gasteiger partial charge in [-0.25, -0.2) is 8.42 Å². The SMILES string of the molecule is CCC(C)N(CCN)S(=O)(=O)c1ccccc1. The number of nitrogens with two attached hydrogens (primary N) is 1. The quantitative estimate of drug-likeness (QED) is 0.837. The van der Waals surface area contributed by atoms with Gasteiger partial charge in [-0.3, -0.25) is 0 Å². The van der Waals surface area contributed by atoms with Crippen LogP contribution in [0.3, 0.4) is 0 Å². The molecule has 4 nitrogen and oxygen atoms in total. The number of hydrogen-bond acceptors (Lipinski definition) is 3. The Balaban J connectivity index is 3.09. The molecule has 1 rings (SSSR count). The third kappa shape index (κ3) is 3.28. The van der Waals surface area contributed by atoms with Crippen molar-refractivity contribution >= 4 is 10.0 Å². The van der Waals surface area contributed by atoms with Gasteiger partial charge < -0.3 is 5.73 Å². The minimum Gasteiger partial charge on any atom is -0.329 e. The lowest BCUT2D eigenvalue weighted by molar-refractivity contribution is 0.335. The third-order valence-electron chi connectivity index (χ3n) is 2.78. The Morgan fingerprint density at radius 2 is 1.88 bits per heavy atom. The molecule has 17 heavy (non-hydrogen) atoms. The maximum absolute atomic E-state index is 12.4. The van der Waals surface area contributed by atoms with Gasteiger partial charge in [0.2, 0.25) is 10.0 Å². The highest BCUT2D eigenvalue weighted by molar-refractivity contribution is 7.89. The Kier molecular flexibility index (Phi) is 5.11. The first-order valence-electron chi connectivity index (χ1n) is 5.81. The van der Waals surface area contributed by atoms with E-state index in [1.165, 1.54) is 4.31 Å². The molecule has 0 bridgehead atoms. The number of hydrogen-bond donors (Lipinski definition) is 1. The van der Waals surface area contributed by atoms with Gasteiger partial charge in [-0.05, 0) is 25.5 Å². The second-order valence-electron chi connectivity index (χ2n) is 3.97. The van der Waals surface area contributed by atoms with Crippen LogP contribution >= 0.6 is 0 Å². The standard InChI is InChI=1S/C12H20N2O2S/c1-3-11(2)14(10-9-13)17(15,16)12-7-5-4-6-8-12/h4-8,11H,3,9-10,13H2,1-2H3. The van der Waals surface area contributed by atoms with E-state index in [0.717, 1.165) is 6.42 Å². The fraction of sp³-hybridized carbons (Fsp3) is 0.500. The first-order valence-corrected chi connectivity index (χ1v) is 7.25. The van der Waals surface area contributed by atoms with E-state index in [9.17, 15) is 8.42 Å². The van der Waals surface area contributed by atoms with Crippen molar-refractivity contribution in [3.05, 3.63) is 30.3 Å². The Bertz CT molecular complexity index is 431. The van der Waals surface area contributed by atoms with Crippen LogP contribution in [-0.4, -0.2) is 31.9 Å². The number of benzene rings is 1. The summed E-state index contributed by atoms with van der Waals surface area (Å²) in [5.74, 6) is 0. The fourth-order valence-electron chi connectivity index (χ4n) is 1.64. The van der Waals surface area contributed by atoms with Gasteiger partial charge in [-0.2, -0.15) is 4.31 Å². The number of sulfonamides is 1. The molecule has 0 aromatic heterocycles. The van der Waals surface area contributed by atoms with E-state index in [1.54, 1.807) is 30.3 Å². The largest absolute Gasteiger partial charge is 0.329 e. The van der Waals surface area contributed by atoms with Gasteiger partial charge in [0.25, 0.3) is 0 Å². The molecule has 0 radical (unpaired) electrons. The van der Waals surface area contributed by atoms with Crippen LogP contribution in [0.25, 0.3) is 0 Å². The maximum Gasteiger partial charge on any atom is 0.243 e. The number of nitrogens with zero attached hydrogens (tertiary/aromatic N) is 1. The Morgan fingerprint density at radius 1 is 1.29 bits per heavy atom. The Hall–Kier alpha value is -0.910. The van der Waals surface area contributed by atoms with Crippen LogP contribution in [0.2, 0.25) is 0 Å². The molecule has 0 heterocycles. The van der Waals surface area contributed by atoms with Crippen molar-refractivity contribution in [3.63, 3.8) is 0 Å². The van der Waals surface area contributed by atoms with Crippen molar-refractivity contribution in [1.82, 2.24) is 4.31 Å². The van der Waals surface area contributed by atoms with Crippen molar-refractivity contribution in [2.45, 2.75) is 31.2 Å². The molecular formula is C12H20N2O2S. The zero-order valence-corrected chi connectivity index (χ0v) is 11.2. The van der Waals surface area contributed by atoms with Crippen LogP contribution in [0.1, 0.15) is 20.3 Å². The molecule has 1 unspecified atom stereocenters. The van der Waals surface area contributed by atoms with E-state index < -0.39 is 10.0 Å². The van der Waals surface area contributed by atoms with Gasteiger partial charge in [0.05, 0.1) is 4.90 Å². The highest BCUT2D eigenvalue weighted by Gasteiger charge is 2.27. The lowest BCUT2D eigenvalue weighted by atomic mass is 10.2. The monoisotopic (exact) mass is 256 g/mol. The van der Waals surface area contributed by atoms with Crippen LogP contribution in [0.15, 0.2) is 35.2 Å². The highest BCUT2D eigenvalue weighted by atomic mass is 32.2. The maximum atomic E-state index is 12.4. The van der Waals surface area contributed by atoms with E-state index in [4.69, 9.17) is 5.73 Å². The molecule has 0 saturated carbocycles. The summed E-state index contributed by atoms with van der Waals surface area (Å²) in [6.45, 7) is 4.55. The van der Waals surface area contributed by atoms with Crippen LogP contribution in [0.5, 0.6) is 0 Å². The van der Waals surface area contributed by atoms with Gasteiger partial charge in [0.1, 0.15) is 0 Å². The average Bonchev–Trinajstić information content (AvgIpc) is 2.36. The van der Waals surface area contributed by atoms with Crippen molar-refractivity contribution in [2.75, 3.05) is 13.1 Å². The first-order chi connectivity index (χ1) is 8.04. The molecule has 0 saturated heterocycles. The second kappa shape index (κ2) is 6.14. The molecule has 0 aliphatic heterocycles. The molecular weight excluding hydrogens is 236 g/mol. The summed E-state index contributed by atoms with van der Waals surface area (Å²) >= 11 is 0. The van der Waals surface area contributed by atoms with E-state index in [0.29, 0.717) is 18.0 Å². The van der Waals surface area contributed by atoms with Crippen LogP contribution in [0.4, 0.5) is 0 Å². The molecule has 2 N–H and O–H groups in total.